The highest BCUT2D eigenvalue weighted by atomic mass is 16.4. The zero-order valence-corrected chi connectivity index (χ0v) is 14.1. The van der Waals surface area contributed by atoms with E-state index in [4.69, 9.17) is 10.8 Å². The third-order valence-corrected chi connectivity index (χ3v) is 4.14. The summed E-state index contributed by atoms with van der Waals surface area (Å²) in [4.78, 5) is 10.4. The Hall–Kier alpha value is -0.570. The van der Waals surface area contributed by atoms with E-state index in [0.29, 0.717) is 12.5 Å². The van der Waals surface area contributed by atoms with Crippen molar-refractivity contribution in [1.82, 2.24) is 0 Å². The highest BCUT2D eigenvalue weighted by Gasteiger charge is 2.03. The van der Waals surface area contributed by atoms with Crippen molar-refractivity contribution in [1.29, 1.82) is 0 Å². The lowest BCUT2D eigenvalue weighted by atomic mass is 10.0. The van der Waals surface area contributed by atoms with Gasteiger partial charge in [-0.3, -0.25) is 4.79 Å². The van der Waals surface area contributed by atoms with Gasteiger partial charge < -0.3 is 10.8 Å². The largest absolute Gasteiger partial charge is 0.481 e. The minimum Gasteiger partial charge on any atom is -0.481 e. The third kappa shape index (κ3) is 17.4. The lowest BCUT2D eigenvalue weighted by molar-refractivity contribution is -0.137. The average molecular weight is 299 g/mol. The van der Waals surface area contributed by atoms with Crippen LogP contribution in [0, 0.1) is 0 Å². The van der Waals surface area contributed by atoms with E-state index in [1.807, 2.05) is 0 Å². The molecule has 126 valence electrons. The summed E-state index contributed by atoms with van der Waals surface area (Å²) >= 11 is 0. The molecule has 0 aromatic heterocycles. The number of carboxylic acid groups (broad SMARTS) is 1. The van der Waals surface area contributed by atoms with Gasteiger partial charge in [0, 0.05) is 12.5 Å². The van der Waals surface area contributed by atoms with Crippen LogP contribution in [0.5, 0.6) is 0 Å². The van der Waals surface area contributed by atoms with Crippen molar-refractivity contribution in [2.45, 2.75) is 109 Å². The van der Waals surface area contributed by atoms with Crippen molar-refractivity contribution in [3.63, 3.8) is 0 Å². The Balaban J connectivity index is 3.16. The molecule has 0 aliphatic heterocycles. The molecule has 0 aliphatic rings. The Kier molecular flexibility index (Phi) is 15.4. The number of unbranched alkanes of at least 4 members (excludes halogenated alkanes) is 10. The fourth-order valence-electron chi connectivity index (χ4n) is 2.72. The van der Waals surface area contributed by atoms with Crippen LogP contribution < -0.4 is 5.73 Å². The number of carboxylic acids is 1. The molecule has 3 nitrogen and oxygen atoms in total. The second kappa shape index (κ2) is 15.8. The zero-order valence-electron chi connectivity index (χ0n) is 14.1. The summed E-state index contributed by atoms with van der Waals surface area (Å²) in [5.74, 6) is -0.679. The first kappa shape index (κ1) is 20.4. The Bertz CT molecular complexity index is 231. The van der Waals surface area contributed by atoms with E-state index in [0.717, 1.165) is 38.5 Å². The number of hydrogen-bond acceptors (Lipinski definition) is 2. The van der Waals surface area contributed by atoms with Crippen LogP contribution >= 0.6 is 0 Å². The van der Waals surface area contributed by atoms with Crippen molar-refractivity contribution >= 4 is 5.97 Å². The number of rotatable bonds is 16. The fraction of sp³-hybridized carbons (Fsp3) is 0.944. The number of carbonyl (C=O) groups is 1. The fourth-order valence-corrected chi connectivity index (χ4v) is 2.72. The van der Waals surface area contributed by atoms with Gasteiger partial charge in [0.15, 0.2) is 0 Å². The molecule has 0 bridgehead atoms. The van der Waals surface area contributed by atoms with Gasteiger partial charge in [0.05, 0.1) is 0 Å². The molecule has 0 aliphatic carbocycles. The third-order valence-electron chi connectivity index (χ3n) is 4.14. The summed E-state index contributed by atoms with van der Waals surface area (Å²) in [5, 5.41) is 8.54. The summed E-state index contributed by atoms with van der Waals surface area (Å²) in [5.41, 5.74) is 6.12. The molecule has 0 amide bonds. The van der Waals surface area contributed by atoms with E-state index in [2.05, 4.69) is 6.92 Å². The molecule has 3 N–H and O–H groups in total. The topological polar surface area (TPSA) is 63.3 Å². The Labute approximate surface area is 131 Å². The molecule has 3 heteroatoms. The second-order valence-corrected chi connectivity index (χ2v) is 6.37. The maximum absolute atomic E-state index is 10.4. The van der Waals surface area contributed by atoms with Gasteiger partial charge in [-0.15, -0.1) is 0 Å². The molecule has 1 unspecified atom stereocenters. The van der Waals surface area contributed by atoms with Crippen LogP contribution in [0.25, 0.3) is 0 Å². The highest BCUT2D eigenvalue weighted by Crippen LogP contribution is 2.13. The van der Waals surface area contributed by atoms with Gasteiger partial charge in [-0.05, 0) is 19.3 Å². The van der Waals surface area contributed by atoms with Crippen molar-refractivity contribution in [2.24, 2.45) is 5.73 Å². The number of aliphatic carboxylic acids is 1. The smallest absolute Gasteiger partial charge is 0.303 e. The minimum absolute atomic E-state index is 0.310. The van der Waals surface area contributed by atoms with Gasteiger partial charge in [-0.25, -0.2) is 0 Å². The summed E-state index contributed by atoms with van der Waals surface area (Å²) < 4.78 is 0. The molecule has 0 fully saturated rings. The van der Waals surface area contributed by atoms with Crippen molar-refractivity contribution in [2.75, 3.05) is 0 Å². The van der Waals surface area contributed by atoms with E-state index in [9.17, 15) is 4.79 Å². The molecule has 0 rings (SSSR count). The van der Waals surface area contributed by atoms with Gasteiger partial charge in [0.25, 0.3) is 0 Å². The first-order valence-electron chi connectivity index (χ1n) is 9.14. The van der Waals surface area contributed by atoms with Gasteiger partial charge in [0.2, 0.25) is 0 Å². The van der Waals surface area contributed by atoms with Gasteiger partial charge in [-0.1, -0.05) is 77.6 Å². The molecule has 0 aromatic rings. The maximum atomic E-state index is 10.4. The van der Waals surface area contributed by atoms with Crippen LogP contribution in [0.3, 0.4) is 0 Å². The lowest BCUT2D eigenvalue weighted by Crippen LogP contribution is -2.19. The maximum Gasteiger partial charge on any atom is 0.303 e. The van der Waals surface area contributed by atoms with Gasteiger partial charge in [0.1, 0.15) is 0 Å². The molecule has 1 atom stereocenters. The first-order valence-corrected chi connectivity index (χ1v) is 9.14. The Morgan fingerprint density at radius 2 is 1.24 bits per heavy atom. The predicted octanol–water partition coefficient (Wildman–Crippen LogP) is 5.27. The Morgan fingerprint density at radius 3 is 1.71 bits per heavy atom. The molecule has 0 radical (unpaired) electrons. The van der Waals surface area contributed by atoms with Crippen LogP contribution in [0.2, 0.25) is 0 Å². The SMILES string of the molecule is CCCCCCCCCCC(N)CCCCCCC(=O)O. The molecule has 0 spiro atoms. The molecule has 0 heterocycles. The van der Waals surface area contributed by atoms with E-state index in [1.54, 1.807) is 0 Å². The Morgan fingerprint density at radius 1 is 0.810 bits per heavy atom. The van der Waals surface area contributed by atoms with Gasteiger partial charge in [-0.2, -0.15) is 0 Å². The normalized spacial score (nSPS) is 12.5. The van der Waals surface area contributed by atoms with Crippen LogP contribution in [0.1, 0.15) is 103 Å². The molecular weight excluding hydrogens is 262 g/mol. The van der Waals surface area contributed by atoms with Gasteiger partial charge >= 0.3 is 5.97 Å². The van der Waals surface area contributed by atoms with E-state index >= 15 is 0 Å². The summed E-state index contributed by atoms with van der Waals surface area (Å²) in [6, 6.07) is 0.351. The molecule has 0 saturated heterocycles. The standard InChI is InChI=1S/C18H37NO2/c1-2-3-4-5-6-7-8-11-14-17(19)15-12-9-10-13-16-18(20)21/h17H,2-16,19H2,1H3,(H,20,21). The van der Waals surface area contributed by atoms with Crippen molar-refractivity contribution < 1.29 is 9.90 Å². The second-order valence-electron chi connectivity index (χ2n) is 6.37. The zero-order chi connectivity index (χ0) is 15.8. The average Bonchev–Trinajstić information content (AvgIpc) is 2.45. The summed E-state index contributed by atoms with van der Waals surface area (Å²) in [7, 11) is 0. The van der Waals surface area contributed by atoms with Crippen molar-refractivity contribution in [3.8, 4) is 0 Å². The summed E-state index contributed by atoms with van der Waals surface area (Å²) in [6.45, 7) is 2.26. The first-order chi connectivity index (χ1) is 10.2. The van der Waals surface area contributed by atoms with E-state index in [-0.39, 0.29) is 0 Å². The predicted molar refractivity (Wildman–Crippen MR) is 90.5 cm³/mol. The monoisotopic (exact) mass is 299 g/mol. The highest BCUT2D eigenvalue weighted by molar-refractivity contribution is 5.66. The lowest BCUT2D eigenvalue weighted by Gasteiger charge is -2.11. The van der Waals surface area contributed by atoms with E-state index in [1.165, 1.54) is 51.4 Å². The number of nitrogens with two attached hydrogens (primary N) is 1. The molecular formula is C18H37NO2. The minimum atomic E-state index is -0.679. The van der Waals surface area contributed by atoms with Crippen LogP contribution in [-0.4, -0.2) is 17.1 Å². The number of hydrogen-bond donors (Lipinski definition) is 2. The molecule has 0 saturated carbocycles. The molecule has 0 aromatic carbocycles. The quantitative estimate of drug-likeness (QED) is 0.382. The van der Waals surface area contributed by atoms with Crippen LogP contribution in [-0.2, 0) is 4.79 Å². The van der Waals surface area contributed by atoms with E-state index < -0.39 is 5.97 Å². The van der Waals surface area contributed by atoms with Crippen LogP contribution in [0.4, 0.5) is 0 Å². The summed E-state index contributed by atoms with van der Waals surface area (Å²) in [6.07, 6.45) is 17.5. The van der Waals surface area contributed by atoms with Crippen LogP contribution in [0.15, 0.2) is 0 Å². The molecule has 21 heavy (non-hydrogen) atoms. The van der Waals surface area contributed by atoms with Crippen molar-refractivity contribution in [3.05, 3.63) is 0 Å².